The molecule has 1 heterocycles. The first-order chi connectivity index (χ1) is 7.90. The Kier molecular flexibility index (Phi) is 3.61. The van der Waals surface area contributed by atoms with E-state index in [-0.39, 0.29) is 0 Å². The number of piperidine rings is 1. The van der Waals surface area contributed by atoms with E-state index in [0.29, 0.717) is 0 Å². The zero-order valence-corrected chi connectivity index (χ0v) is 9.39. The van der Waals surface area contributed by atoms with Crippen LogP contribution in [0.15, 0.2) is 30.3 Å². The van der Waals surface area contributed by atoms with E-state index in [1.54, 1.807) is 0 Å². The Bertz CT molecular complexity index is 409. The van der Waals surface area contributed by atoms with Gasteiger partial charge in [-0.15, -0.1) is 0 Å². The van der Waals surface area contributed by atoms with Crippen LogP contribution in [0.3, 0.4) is 0 Å². The summed E-state index contributed by atoms with van der Waals surface area (Å²) in [4.78, 5) is 2.42. The maximum Gasteiger partial charge on any atom is 0.0912 e. The molecule has 2 nitrogen and oxygen atoms in total. The van der Waals surface area contributed by atoms with Crippen LogP contribution in [-0.4, -0.2) is 13.1 Å². The molecule has 82 valence electrons. The zero-order valence-electron chi connectivity index (χ0n) is 9.39. The van der Waals surface area contributed by atoms with E-state index < -0.39 is 0 Å². The van der Waals surface area contributed by atoms with Gasteiger partial charge in [0.2, 0.25) is 0 Å². The summed E-state index contributed by atoms with van der Waals surface area (Å²) >= 11 is 0. The number of hydrogen-bond acceptors (Lipinski definition) is 2. The van der Waals surface area contributed by atoms with Crippen molar-refractivity contribution in [1.82, 2.24) is 0 Å². The van der Waals surface area contributed by atoms with Crippen LogP contribution < -0.4 is 4.90 Å². The Morgan fingerprint density at radius 3 is 2.75 bits per heavy atom. The smallest absolute Gasteiger partial charge is 0.0912 e. The summed E-state index contributed by atoms with van der Waals surface area (Å²) in [6.07, 6.45) is 7.31. The average Bonchev–Trinajstić information content (AvgIpc) is 2.38. The summed E-state index contributed by atoms with van der Waals surface area (Å²) in [5, 5.41) is 8.50. The molecule has 0 unspecified atom stereocenters. The van der Waals surface area contributed by atoms with Crippen LogP contribution in [0.5, 0.6) is 0 Å². The molecule has 1 aromatic carbocycles. The number of nitrogens with zero attached hydrogens (tertiary/aromatic N) is 2. The molecular weight excluding hydrogens is 196 g/mol. The van der Waals surface area contributed by atoms with Gasteiger partial charge in [-0.1, -0.05) is 12.1 Å². The fourth-order valence-corrected chi connectivity index (χ4v) is 2.11. The number of nitriles is 1. The zero-order chi connectivity index (χ0) is 11.2. The second kappa shape index (κ2) is 5.37. The van der Waals surface area contributed by atoms with Crippen molar-refractivity contribution < 1.29 is 0 Å². The monoisotopic (exact) mass is 212 g/mol. The van der Waals surface area contributed by atoms with E-state index in [1.807, 2.05) is 18.2 Å². The minimum absolute atomic E-state index is 1.10. The Hall–Kier alpha value is -1.75. The molecule has 0 aromatic heterocycles. The summed E-state index contributed by atoms with van der Waals surface area (Å²) in [7, 11) is 0. The van der Waals surface area contributed by atoms with Gasteiger partial charge in [0.15, 0.2) is 0 Å². The van der Waals surface area contributed by atoms with Crippen LogP contribution in [-0.2, 0) is 0 Å². The largest absolute Gasteiger partial charge is 0.372 e. The lowest BCUT2D eigenvalue weighted by Crippen LogP contribution is -2.29. The SMILES string of the molecule is N#CC=Cc1cccc(N2CCCCC2)c1. The molecule has 0 bridgehead atoms. The molecular formula is C14H16N2. The van der Waals surface area contributed by atoms with Gasteiger partial charge in [-0.05, 0) is 43.0 Å². The molecule has 1 aliphatic rings. The normalized spacial score (nSPS) is 16.3. The Morgan fingerprint density at radius 2 is 2.00 bits per heavy atom. The molecule has 0 spiro atoms. The number of allylic oxidation sites excluding steroid dienone is 1. The highest BCUT2D eigenvalue weighted by molar-refractivity contribution is 5.59. The fraction of sp³-hybridized carbons (Fsp3) is 0.357. The molecule has 1 saturated heterocycles. The number of benzene rings is 1. The fourth-order valence-electron chi connectivity index (χ4n) is 2.11. The number of rotatable bonds is 2. The van der Waals surface area contributed by atoms with Gasteiger partial charge in [0.05, 0.1) is 6.07 Å². The summed E-state index contributed by atoms with van der Waals surface area (Å²) < 4.78 is 0. The van der Waals surface area contributed by atoms with Crippen LogP contribution in [0.25, 0.3) is 6.08 Å². The Labute approximate surface area is 96.8 Å². The first-order valence-electron chi connectivity index (χ1n) is 5.81. The van der Waals surface area contributed by atoms with E-state index in [9.17, 15) is 0 Å². The highest BCUT2D eigenvalue weighted by Crippen LogP contribution is 2.21. The van der Waals surface area contributed by atoms with Crippen molar-refractivity contribution in [3.63, 3.8) is 0 Å². The Balaban J connectivity index is 2.15. The van der Waals surface area contributed by atoms with Gasteiger partial charge in [0, 0.05) is 24.9 Å². The van der Waals surface area contributed by atoms with Crippen LogP contribution in [0.2, 0.25) is 0 Å². The van der Waals surface area contributed by atoms with E-state index >= 15 is 0 Å². The van der Waals surface area contributed by atoms with Crippen molar-refractivity contribution in [1.29, 1.82) is 5.26 Å². The minimum Gasteiger partial charge on any atom is -0.372 e. The number of anilines is 1. The molecule has 0 atom stereocenters. The molecule has 0 N–H and O–H groups in total. The van der Waals surface area contributed by atoms with Gasteiger partial charge in [0.1, 0.15) is 0 Å². The quantitative estimate of drug-likeness (QED) is 0.704. The second-order valence-corrected chi connectivity index (χ2v) is 4.11. The lowest BCUT2D eigenvalue weighted by Gasteiger charge is -2.29. The molecule has 0 saturated carbocycles. The third-order valence-corrected chi connectivity index (χ3v) is 2.94. The van der Waals surface area contributed by atoms with E-state index in [2.05, 4.69) is 23.1 Å². The maximum atomic E-state index is 8.50. The van der Waals surface area contributed by atoms with Crippen LogP contribution in [0.4, 0.5) is 5.69 Å². The summed E-state index contributed by atoms with van der Waals surface area (Å²) in [6.45, 7) is 2.32. The van der Waals surface area contributed by atoms with E-state index in [4.69, 9.17) is 5.26 Å². The van der Waals surface area contributed by atoms with Crippen molar-refractivity contribution in [2.24, 2.45) is 0 Å². The predicted molar refractivity (Wildman–Crippen MR) is 67.2 cm³/mol. The average molecular weight is 212 g/mol. The molecule has 1 aromatic rings. The third kappa shape index (κ3) is 2.64. The van der Waals surface area contributed by atoms with Gasteiger partial charge in [-0.3, -0.25) is 0 Å². The Morgan fingerprint density at radius 1 is 1.19 bits per heavy atom. The summed E-state index contributed by atoms with van der Waals surface area (Å²) in [5.41, 5.74) is 2.38. The molecule has 0 aliphatic carbocycles. The van der Waals surface area contributed by atoms with Crippen molar-refractivity contribution >= 4 is 11.8 Å². The molecule has 2 heteroatoms. The van der Waals surface area contributed by atoms with Gasteiger partial charge in [-0.25, -0.2) is 0 Å². The molecule has 1 aliphatic heterocycles. The standard InChI is InChI=1S/C14H16N2/c15-9-5-7-13-6-4-8-14(12-13)16-10-2-1-3-11-16/h4-8,12H,1-3,10-11H2. The van der Waals surface area contributed by atoms with Crippen LogP contribution in [0, 0.1) is 11.3 Å². The highest BCUT2D eigenvalue weighted by Gasteiger charge is 2.10. The van der Waals surface area contributed by atoms with Crippen molar-refractivity contribution in [2.45, 2.75) is 19.3 Å². The lowest BCUT2D eigenvalue weighted by atomic mass is 10.1. The lowest BCUT2D eigenvalue weighted by molar-refractivity contribution is 0.578. The van der Waals surface area contributed by atoms with E-state index in [0.717, 1.165) is 18.7 Å². The van der Waals surface area contributed by atoms with Gasteiger partial charge >= 0.3 is 0 Å². The van der Waals surface area contributed by atoms with Crippen molar-refractivity contribution in [3.05, 3.63) is 35.9 Å². The first-order valence-corrected chi connectivity index (χ1v) is 5.81. The predicted octanol–water partition coefficient (Wildman–Crippen LogP) is 3.21. The molecule has 1 fully saturated rings. The summed E-state index contributed by atoms with van der Waals surface area (Å²) in [5.74, 6) is 0. The highest BCUT2D eigenvalue weighted by atomic mass is 15.1. The number of hydrogen-bond donors (Lipinski definition) is 0. The van der Waals surface area contributed by atoms with E-state index in [1.165, 1.54) is 31.0 Å². The minimum atomic E-state index is 1.10. The molecule has 0 amide bonds. The molecule has 0 radical (unpaired) electrons. The van der Waals surface area contributed by atoms with Gasteiger partial charge < -0.3 is 4.90 Å². The van der Waals surface area contributed by atoms with Crippen molar-refractivity contribution in [3.8, 4) is 6.07 Å². The summed E-state index contributed by atoms with van der Waals surface area (Å²) in [6, 6.07) is 10.4. The van der Waals surface area contributed by atoms with Crippen molar-refractivity contribution in [2.75, 3.05) is 18.0 Å². The van der Waals surface area contributed by atoms with Crippen LogP contribution in [0.1, 0.15) is 24.8 Å². The van der Waals surface area contributed by atoms with Gasteiger partial charge in [0.25, 0.3) is 0 Å². The van der Waals surface area contributed by atoms with Crippen LogP contribution >= 0.6 is 0 Å². The third-order valence-electron chi connectivity index (χ3n) is 2.94. The molecule has 16 heavy (non-hydrogen) atoms. The maximum absolute atomic E-state index is 8.50. The first kappa shape index (κ1) is 10.8. The van der Waals surface area contributed by atoms with Gasteiger partial charge in [-0.2, -0.15) is 5.26 Å². The molecule has 2 rings (SSSR count). The topological polar surface area (TPSA) is 27.0 Å². The second-order valence-electron chi connectivity index (χ2n) is 4.11.